The summed E-state index contributed by atoms with van der Waals surface area (Å²) in [5.74, 6) is -0.871. The van der Waals surface area contributed by atoms with E-state index in [9.17, 15) is 22.4 Å². The molecular formula is C15H10F4O2. The molecule has 0 aliphatic rings. The number of hydrogen-bond donors (Lipinski definition) is 0. The molecule has 2 aromatic rings. The van der Waals surface area contributed by atoms with E-state index in [1.54, 1.807) is 0 Å². The van der Waals surface area contributed by atoms with E-state index in [0.717, 1.165) is 18.2 Å². The van der Waals surface area contributed by atoms with Gasteiger partial charge < -0.3 is 4.74 Å². The number of ether oxygens (including phenoxy) is 1. The van der Waals surface area contributed by atoms with E-state index in [-0.39, 0.29) is 23.5 Å². The summed E-state index contributed by atoms with van der Waals surface area (Å²) in [5, 5.41) is 0. The molecule has 0 heterocycles. The third kappa shape index (κ3) is 3.81. The van der Waals surface area contributed by atoms with E-state index >= 15 is 0 Å². The first-order valence-corrected chi connectivity index (χ1v) is 5.94. The lowest BCUT2D eigenvalue weighted by molar-refractivity contribution is -0.137. The molecular weight excluding hydrogens is 288 g/mol. The largest absolute Gasteiger partial charge is 0.486 e. The summed E-state index contributed by atoms with van der Waals surface area (Å²) in [6, 6.07) is 8.21. The molecule has 2 aromatic carbocycles. The SMILES string of the molecule is O=Cc1ccc(OCc2cccc(C(F)(F)F)c2)c(F)c1. The van der Waals surface area contributed by atoms with Gasteiger partial charge in [-0.25, -0.2) is 4.39 Å². The molecule has 0 bridgehead atoms. The Kier molecular flexibility index (Phi) is 4.26. The predicted molar refractivity (Wildman–Crippen MR) is 67.6 cm³/mol. The molecule has 6 heteroatoms. The van der Waals surface area contributed by atoms with Gasteiger partial charge >= 0.3 is 6.18 Å². The zero-order valence-electron chi connectivity index (χ0n) is 10.7. The Labute approximate surface area is 118 Å². The molecule has 0 aliphatic heterocycles. The Morgan fingerprint density at radius 2 is 1.86 bits per heavy atom. The number of carbonyl (C=O) groups is 1. The topological polar surface area (TPSA) is 26.3 Å². The second-order valence-electron chi connectivity index (χ2n) is 4.29. The number of halogens is 4. The van der Waals surface area contributed by atoms with Gasteiger partial charge in [-0.05, 0) is 35.9 Å². The van der Waals surface area contributed by atoms with Crippen molar-refractivity contribution in [1.29, 1.82) is 0 Å². The van der Waals surface area contributed by atoms with Crippen LogP contribution in [0.2, 0.25) is 0 Å². The number of aldehydes is 1. The molecule has 0 atom stereocenters. The fourth-order valence-corrected chi connectivity index (χ4v) is 1.71. The van der Waals surface area contributed by atoms with Crippen molar-refractivity contribution in [3.63, 3.8) is 0 Å². The molecule has 0 saturated carbocycles. The Hall–Kier alpha value is -2.37. The molecule has 0 fully saturated rings. The van der Waals surface area contributed by atoms with Crippen molar-refractivity contribution in [3.8, 4) is 5.75 Å². The maximum absolute atomic E-state index is 13.5. The summed E-state index contributed by atoms with van der Waals surface area (Å²) in [6.07, 6.45) is -3.95. The number of rotatable bonds is 4. The summed E-state index contributed by atoms with van der Waals surface area (Å²) in [6.45, 7) is -0.207. The minimum Gasteiger partial charge on any atom is -0.486 e. The minimum absolute atomic E-state index is 0.127. The summed E-state index contributed by atoms with van der Waals surface area (Å²) < 4.78 is 56.3. The van der Waals surface area contributed by atoms with Crippen molar-refractivity contribution < 1.29 is 27.1 Å². The van der Waals surface area contributed by atoms with Crippen LogP contribution in [0, 0.1) is 5.82 Å². The number of benzene rings is 2. The maximum atomic E-state index is 13.5. The van der Waals surface area contributed by atoms with E-state index < -0.39 is 17.6 Å². The van der Waals surface area contributed by atoms with Gasteiger partial charge in [-0.1, -0.05) is 12.1 Å². The van der Waals surface area contributed by atoms with Crippen molar-refractivity contribution in [2.24, 2.45) is 0 Å². The third-order valence-electron chi connectivity index (χ3n) is 2.74. The van der Waals surface area contributed by atoms with E-state index in [4.69, 9.17) is 4.74 Å². The molecule has 0 saturated heterocycles. The molecule has 0 unspecified atom stereocenters. The van der Waals surface area contributed by atoms with Gasteiger partial charge in [-0.2, -0.15) is 13.2 Å². The van der Waals surface area contributed by atoms with Gasteiger partial charge in [0.05, 0.1) is 5.56 Å². The number of hydrogen-bond acceptors (Lipinski definition) is 2. The molecule has 21 heavy (non-hydrogen) atoms. The van der Waals surface area contributed by atoms with Gasteiger partial charge in [0.2, 0.25) is 0 Å². The number of alkyl halides is 3. The maximum Gasteiger partial charge on any atom is 0.416 e. The number of carbonyl (C=O) groups excluding carboxylic acids is 1. The van der Waals surface area contributed by atoms with Crippen LogP contribution < -0.4 is 4.74 Å². The molecule has 0 aromatic heterocycles. The lowest BCUT2D eigenvalue weighted by Gasteiger charge is -2.10. The van der Waals surface area contributed by atoms with Crippen LogP contribution in [0.5, 0.6) is 5.75 Å². The molecule has 110 valence electrons. The molecule has 0 spiro atoms. The van der Waals surface area contributed by atoms with Gasteiger partial charge in [0.15, 0.2) is 11.6 Å². The lowest BCUT2D eigenvalue weighted by atomic mass is 10.1. The first kappa shape index (κ1) is 15.0. The molecule has 0 radical (unpaired) electrons. The summed E-state index contributed by atoms with van der Waals surface area (Å²) in [4.78, 5) is 10.5. The highest BCUT2D eigenvalue weighted by atomic mass is 19.4. The van der Waals surface area contributed by atoms with Gasteiger partial charge in [0.25, 0.3) is 0 Å². The predicted octanol–water partition coefficient (Wildman–Crippen LogP) is 4.24. The monoisotopic (exact) mass is 298 g/mol. The third-order valence-corrected chi connectivity index (χ3v) is 2.74. The van der Waals surface area contributed by atoms with Gasteiger partial charge in [-0.3, -0.25) is 4.79 Å². The van der Waals surface area contributed by atoms with Crippen LogP contribution in [0.25, 0.3) is 0 Å². The highest BCUT2D eigenvalue weighted by Gasteiger charge is 2.30. The second-order valence-corrected chi connectivity index (χ2v) is 4.29. The fraction of sp³-hybridized carbons (Fsp3) is 0.133. The Balaban J connectivity index is 2.11. The molecule has 0 amide bonds. The highest BCUT2D eigenvalue weighted by molar-refractivity contribution is 5.74. The first-order chi connectivity index (χ1) is 9.90. The van der Waals surface area contributed by atoms with Crippen LogP contribution in [0.15, 0.2) is 42.5 Å². The van der Waals surface area contributed by atoms with Crippen LogP contribution in [0.1, 0.15) is 21.5 Å². The van der Waals surface area contributed by atoms with E-state index in [0.29, 0.717) is 6.29 Å². The zero-order valence-corrected chi connectivity index (χ0v) is 10.7. The van der Waals surface area contributed by atoms with Crippen LogP contribution in [-0.2, 0) is 12.8 Å². The Morgan fingerprint density at radius 1 is 1.10 bits per heavy atom. The van der Waals surface area contributed by atoms with Gasteiger partial charge in [0.1, 0.15) is 12.9 Å². The minimum atomic E-state index is -4.44. The first-order valence-electron chi connectivity index (χ1n) is 5.94. The second kappa shape index (κ2) is 5.95. The van der Waals surface area contributed by atoms with Crippen molar-refractivity contribution in [2.75, 3.05) is 0 Å². The summed E-state index contributed by atoms with van der Waals surface area (Å²) in [5.41, 5.74) is -0.372. The van der Waals surface area contributed by atoms with Gasteiger partial charge in [0, 0.05) is 5.56 Å². The highest BCUT2D eigenvalue weighted by Crippen LogP contribution is 2.29. The Bertz CT molecular complexity index is 650. The smallest absolute Gasteiger partial charge is 0.416 e. The van der Waals surface area contributed by atoms with Crippen LogP contribution in [-0.4, -0.2) is 6.29 Å². The average Bonchev–Trinajstić information content (AvgIpc) is 2.45. The van der Waals surface area contributed by atoms with Crippen molar-refractivity contribution >= 4 is 6.29 Å². The standard InChI is InChI=1S/C15H10F4O2/c16-13-7-10(8-20)4-5-14(13)21-9-11-2-1-3-12(6-11)15(17,18)19/h1-8H,9H2. The van der Waals surface area contributed by atoms with E-state index in [1.807, 2.05) is 0 Å². The van der Waals surface area contributed by atoms with Crippen LogP contribution >= 0.6 is 0 Å². The van der Waals surface area contributed by atoms with Crippen molar-refractivity contribution in [3.05, 3.63) is 65.0 Å². The van der Waals surface area contributed by atoms with Crippen molar-refractivity contribution in [1.82, 2.24) is 0 Å². The Morgan fingerprint density at radius 3 is 2.48 bits per heavy atom. The molecule has 2 rings (SSSR count). The summed E-state index contributed by atoms with van der Waals surface area (Å²) in [7, 11) is 0. The van der Waals surface area contributed by atoms with E-state index in [2.05, 4.69) is 0 Å². The quantitative estimate of drug-likeness (QED) is 0.623. The van der Waals surface area contributed by atoms with Crippen LogP contribution in [0.3, 0.4) is 0 Å². The fourth-order valence-electron chi connectivity index (χ4n) is 1.71. The normalized spacial score (nSPS) is 11.2. The molecule has 2 nitrogen and oxygen atoms in total. The van der Waals surface area contributed by atoms with Crippen molar-refractivity contribution in [2.45, 2.75) is 12.8 Å². The molecule has 0 aliphatic carbocycles. The van der Waals surface area contributed by atoms with E-state index in [1.165, 1.54) is 24.3 Å². The summed E-state index contributed by atoms with van der Waals surface area (Å²) >= 11 is 0. The lowest BCUT2D eigenvalue weighted by Crippen LogP contribution is -2.06. The zero-order chi connectivity index (χ0) is 15.5. The van der Waals surface area contributed by atoms with Gasteiger partial charge in [-0.15, -0.1) is 0 Å². The average molecular weight is 298 g/mol. The van der Waals surface area contributed by atoms with Crippen LogP contribution in [0.4, 0.5) is 17.6 Å². The molecule has 0 N–H and O–H groups in total.